The minimum absolute atomic E-state index is 0.0912. The Labute approximate surface area is 157 Å². The summed E-state index contributed by atoms with van der Waals surface area (Å²) in [7, 11) is 0. The predicted octanol–water partition coefficient (Wildman–Crippen LogP) is 4.40. The van der Waals surface area contributed by atoms with Gasteiger partial charge in [0.2, 0.25) is 11.2 Å². The number of anilines is 1. The SMILES string of the molecule is O=C(Nc1c(F)cccc1F)c1cc(=O)c(OCc2ccc(Cl)cc2)co1. The first-order valence-electron chi connectivity index (χ1n) is 7.69. The molecule has 1 aromatic heterocycles. The fraction of sp³-hybridized carbons (Fsp3) is 0.0526. The second kappa shape index (κ2) is 8.01. The second-order valence-electron chi connectivity index (χ2n) is 5.44. The number of hydrogen-bond donors (Lipinski definition) is 1. The van der Waals surface area contributed by atoms with Crippen LogP contribution in [-0.4, -0.2) is 5.91 Å². The van der Waals surface area contributed by atoms with Crippen LogP contribution >= 0.6 is 11.6 Å². The lowest BCUT2D eigenvalue weighted by atomic mass is 10.2. The van der Waals surface area contributed by atoms with E-state index in [1.165, 1.54) is 0 Å². The number of para-hydroxylation sites is 1. The van der Waals surface area contributed by atoms with Crippen molar-refractivity contribution in [3.05, 3.63) is 93.0 Å². The third-order valence-corrected chi connectivity index (χ3v) is 3.78. The highest BCUT2D eigenvalue weighted by Crippen LogP contribution is 2.19. The topological polar surface area (TPSA) is 68.5 Å². The van der Waals surface area contributed by atoms with Crippen LogP contribution in [0, 0.1) is 11.6 Å². The summed E-state index contributed by atoms with van der Waals surface area (Å²) in [6.45, 7) is 0.0912. The van der Waals surface area contributed by atoms with Crippen molar-refractivity contribution in [1.29, 1.82) is 0 Å². The summed E-state index contributed by atoms with van der Waals surface area (Å²) in [4.78, 5) is 24.1. The smallest absolute Gasteiger partial charge is 0.291 e. The third kappa shape index (κ3) is 4.51. The molecule has 0 fully saturated rings. The molecule has 5 nitrogen and oxygen atoms in total. The Kier molecular flexibility index (Phi) is 5.52. The van der Waals surface area contributed by atoms with Crippen molar-refractivity contribution in [2.45, 2.75) is 6.61 Å². The molecule has 1 amide bonds. The van der Waals surface area contributed by atoms with Gasteiger partial charge in [-0.1, -0.05) is 29.8 Å². The van der Waals surface area contributed by atoms with E-state index in [-0.39, 0.29) is 12.4 Å². The van der Waals surface area contributed by atoms with Crippen LogP contribution < -0.4 is 15.5 Å². The van der Waals surface area contributed by atoms with Crippen LogP contribution in [0.2, 0.25) is 5.02 Å². The number of carbonyl (C=O) groups is 1. The van der Waals surface area contributed by atoms with Crippen molar-refractivity contribution < 1.29 is 22.7 Å². The Hall–Kier alpha value is -3.19. The Morgan fingerprint density at radius 3 is 2.41 bits per heavy atom. The largest absolute Gasteiger partial charge is 0.482 e. The molecule has 3 rings (SSSR count). The van der Waals surface area contributed by atoms with E-state index in [0.717, 1.165) is 36.1 Å². The van der Waals surface area contributed by atoms with Crippen LogP contribution in [0.5, 0.6) is 5.75 Å². The van der Waals surface area contributed by atoms with E-state index >= 15 is 0 Å². The average molecular weight is 392 g/mol. The van der Waals surface area contributed by atoms with Gasteiger partial charge in [-0.05, 0) is 29.8 Å². The molecule has 0 saturated heterocycles. The molecule has 0 spiro atoms. The van der Waals surface area contributed by atoms with Gasteiger partial charge in [-0.15, -0.1) is 0 Å². The van der Waals surface area contributed by atoms with Crippen molar-refractivity contribution in [3.8, 4) is 5.75 Å². The van der Waals surface area contributed by atoms with Crippen molar-refractivity contribution >= 4 is 23.2 Å². The summed E-state index contributed by atoms with van der Waals surface area (Å²) in [5.74, 6) is -3.40. The van der Waals surface area contributed by atoms with Gasteiger partial charge < -0.3 is 14.5 Å². The molecule has 0 aliphatic rings. The maximum atomic E-state index is 13.6. The van der Waals surface area contributed by atoms with Crippen LogP contribution in [0.15, 0.2) is 64.0 Å². The Morgan fingerprint density at radius 1 is 1.11 bits per heavy atom. The number of rotatable bonds is 5. The summed E-state index contributed by atoms with van der Waals surface area (Å²) < 4.78 is 37.6. The molecule has 27 heavy (non-hydrogen) atoms. The van der Waals surface area contributed by atoms with E-state index in [4.69, 9.17) is 20.8 Å². The molecule has 3 aromatic rings. The third-order valence-electron chi connectivity index (χ3n) is 3.53. The van der Waals surface area contributed by atoms with Crippen molar-refractivity contribution in [2.75, 3.05) is 5.32 Å². The summed E-state index contributed by atoms with van der Waals surface area (Å²) >= 11 is 5.79. The van der Waals surface area contributed by atoms with Crippen molar-refractivity contribution in [1.82, 2.24) is 0 Å². The maximum absolute atomic E-state index is 13.6. The fourth-order valence-electron chi connectivity index (χ4n) is 2.16. The lowest BCUT2D eigenvalue weighted by molar-refractivity contribution is 0.0992. The first-order chi connectivity index (χ1) is 12.9. The number of benzene rings is 2. The second-order valence-corrected chi connectivity index (χ2v) is 5.88. The van der Waals surface area contributed by atoms with Gasteiger partial charge in [-0.3, -0.25) is 9.59 Å². The Bertz CT molecular complexity index is 1010. The van der Waals surface area contributed by atoms with E-state index in [1.807, 2.05) is 5.32 Å². The van der Waals surface area contributed by atoms with Crippen molar-refractivity contribution in [3.63, 3.8) is 0 Å². The normalized spacial score (nSPS) is 10.5. The number of amides is 1. The van der Waals surface area contributed by atoms with Gasteiger partial charge in [0.1, 0.15) is 30.2 Å². The minimum Gasteiger partial charge on any atom is -0.482 e. The van der Waals surface area contributed by atoms with Gasteiger partial charge in [0, 0.05) is 11.1 Å². The zero-order valence-electron chi connectivity index (χ0n) is 13.7. The van der Waals surface area contributed by atoms with Gasteiger partial charge in [-0.2, -0.15) is 0 Å². The summed E-state index contributed by atoms with van der Waals surface area (Å²) in [6, 6.07) is 10.8. The highest BCUT2D eigenvalue weighted by molar-refractivity contribution is 6.30. The maximum Gasteiger partial charge on any atom is 0.291 e. The van der Waals surface area contributed by atoms with Crippen LogP contribution in [0.25, 0.3) is 0 Å². The molecule has 0 aliphatic carbocycles. The van der Waals surface area contributed by atoms with Crippen LogP contribution in [-0.2, 0) is 6.61 Å². The Balaban J connectivity index is 1.71. The quantitative estimate of drug-likeness (QED) is 0.699. The zero-order chi connectivity index (χ0) is 19.4. The Morgan fingerprint density at radius 2 is 1.78 bits per heavy atom. The summed E-state index contributed by atoms with van der Waals surface area (Å²) in [6.07, 6.45) is 0.963. The lowest BCUT2D eigenvalue weighted by Crippen LogP contribution is -2.17. The van der Waals surface area contributed by atoms with Crippen LogP contribution in [0.4, 0.5) is 14.5 Å². The van der Waals surface area contributed by atoms with Gasteiger partial charge in [0.25, 0.3) is 5.91 Å². The van der Waals surface area contributed by atoms with Gasteiger partial charge >= 0.3 is 0 Å². The molecule has 2 aromatic carbocycles. The zero-order valence-corrected chi connectivity index (χ0v) is 14.4. The van der Waals surface area contributed by atoms with Gasteiger partial charge in [0.15, 0.2) is 5.76 Å². The summed E-state index contributed by atoms with van der Waals surface area (Å²) in [5.41, 5.74) is -0.474. The highest BCUT2D eigenvalue weighted by Gasteiger charge is 2.16. The first-order valence-corrected chi connectivity index (χ1v) is 8.07. The van der Waals surface area contributed by atoms with E-state index in [9.17, 15) is 18.4 Å². The van der Waals surface area contributed by atoms with E-state index in [0.29, 0.717) is 5.02 Å². The molecule has 0 atom stereocenters. The molecule has 0 aliphatic heterocycles. The molecule has 0 saturated carbocycles. The molecule has 8 heteroatoms. The molecule has 138 valence electrons. The van der Waals surface area contributed by atoms with Gasteiger partial charge in [-0.25, -0.2) is 8.78 Å². The fourth-order valence-corrected chi connectivity index (χ4v) is 2.28. The molecule has 1 heterocycles. The number of halogens is 3. The number of ether oxygens (including phenoxy) is 1. The van der Waals surface area contributed by atoms with Crippen LogP contribution in [0.3, 0.4) is 0 Å². The minimum atomic E-state index is -0.972. The molecule has 0 radical (unpaired) electrons. The molecular formula is C19H12ClF2NO4. The summed E-state index contributed by atoms with van der Waals surface area (Å²) in [5, 5.41) is 2.60. The van der Waals surface area contributed by atoms with Crippen LogP contribution in [0.1, 0.15) is 16.1 Å². The van der Waals surface area contributed by atoms with E-state index in [1.54, 1.807) is 24.3 Å². The predicted molar refractivity (Wildman–Crippen MR) is 95.1 cm³/mol. The highest BCUT2D eigenvalue weighted by atomic mass is 35.5. The number of carbonyl (C=O) groups excluding carboxylic acids is 1. The molecule has 0 bridgehead atoms. The number of hydrogen-bond acceptors (Lipinski definition) is 4. The van der Waals surface area contributed by atoms with Gasteiger partial charge in [0.05, 0.1) is 0 Å². The molecule has 0 unspecified atom stereocenters. The number of nitrogens with one attached hydrogen (secondary N) is 1. The lowest BCUT2D eigenvalue weighted by Gasteiger charge is -2.08. The van der Waals surface area contributed by atoms with E-state index in [2.05, 4.69) is 0 Å². The standard InChI is InChI=1S/C19H12ClF2NO4/c20-12-6-4-11(5-7-12)9-26-17-10-27-16(8-15(17)24)19(25)23-18-13(21)2-1-3-14(18)22/h1-8,10H,9H2,(H,23,25). The molecular weight excluding hydrogens is 380 g/mol. The van der Waals surface area contributed by atoms with Crippen molar-refractivity contribution in [2.24, 2.45) is 0 Å². The van der Waals surface area contributed by atoms with E-state index < -0.39 is 34.4 Å². The first kappa shape index (κ1) is 18.6. The monoisotopic (exact) mass is 391 g/mol. The average Bonchev–Trinajstić information content (AvgIpc) is 2.65. The molecule has 1 N–H and O–H groups in total.